The van der Waals surface area contributed by atoms with E-state index >= 15 is 0 Å². The molecule has 31 heavy (non-hydrogen) atoms. The number of phenolic OH excluding ortho intramolecular Hbond substituents is 2. The molecule has 0 bridgehead atoms. The Balaban J connectivity index is -0.000000340. The lowest BCUT2D eigenvalue weighted by Gasteiger charge is -1.96. The van der Waals surface area contributed by atoms with Gasteiger partial charge >= 0.3 is 0 Å². The molecule has 3 rings (SSSR count). The van der Waals surface area contributed by atoms with Gasteiger partial charge in [0, 0.05) is 5.56 Å². The Kier molecular flexibility index (Phi) is 25.8. The van der Waals surface area contributed by atoms with E-state index in [2.05, 4.69) is 0 Å². The molecule has 0 unspecified atom stereocenters. The third-order valence-corrected chi connectivity index (χ3v) is 2.98. The summed E-state index contributed by atoms with van der Waals surface area (Å²) in [6.45, 7) is 11.9. The number of hydrogen-bond acceptors (Lipinski definition) is 5. The largest absolute Gasteiger partial charge is 0.508 e. The van der Waals surface area contributed by atoms with Crippen molar-refractivity contribution in [2.75, 3.05) is 0 Å². The maximum Gasteiger partial charge on any atom is 0.153 e. The standard InChI is InChI=1S/C7H8O2.C7H6O2.C6H6O.3C2H6/c2*8-5-6-3-1-2-4-7(6)9;7-6-4-2-1-3-5-6;3*1-2/h1-4,8-9H,5H2;1-5,9H;1-5,7H;3*1-2H3. The molecule has 0 heterocycles. The van der Waals surface area contributed by atoms with E-state index in [1.54, 1.807) is 66.7 Å². The van der Waals surface area contributed by atoms with Crippen molar-refractivity contribution in [3.63, 3.8) is 0 Å². The number of rotatable bonds is 2. The summed E-state index contributed by atoms with van der Waals surface area (Å²) in [5.74, 6) is 0.509. The van der Waals surface area contributed by atoms with E-state index in [9.17, 15) is 4.79 Å². The zero-order chi connectivity index (χ0) is 24.5. The summed E-state index contributed by atoms with van der Waals surface area (Å²) in [5, 5.41) is 35.0. The maximum absolute atomic E-state index is 10.1. The third-order valence-electron chi connectivity index (χ3n) is 2.98. The molecule has 172 valence electrons. The number of carbonyl (C=O) groups is 1. The second-order valence-electron chi connectivity index (χ2n) is 4.80. The van der Waals surface area contributed by atoms with E-state index in [0.29, 0.717) is 23.2 Å². The van der Waals surface area contributed by atoms with Gasteiger partial charge in [0.15, 0.2) is 6.29 Å². The fraction of sp³-hybridized carbons (Fsp3) is 0.269. The van der Waals surface area contributed by atoms with Crippen LogP contribution in [0, 0.1) is 0 Å². The molecule has 0 atom stereocenters. The van der Waals surface area contributed by atoms with Gasteiger partial charge in [-0.2, -0.15) is 0 Å². The summed E-state index contributed by atoms with van der Waals surface area (Å²) in [5.41, 5.74) is 0.898. The Morgan fingerprint density at radius 3 is 1.32 bits per heavy atom. The van der Waals surface area contributed by atoms with Crippen LogP contribution in [0.25, 0.3) is 0 Å². The van der Waals surface area contributed by atoms with Crippen molar-refractivity contribution in [2.45, 2.75) is 48.1 Å². The predicted octanol–water partition coefficient (Wildman–Crippen LogP) is 6.56. The van der Waals surface area contributed by atoms with E-state index < -0.39 is 0 Å². The molecule has 0 radical (unpaired) electrons. The summed E-state index contributed by atoms with van der Waals surface area (Å²) in [6.07, 6.45) is 0.620. The molecule has 0 aliphatic carbocycles. The zero-order valence-electron chi connectivity index (χ0n) is 19.5. The van der Waals surface area contributed by atoms with Crippen LogP contribution in [-0.2, 0) is 6.61 Å². The minimum Gasteiger partial charge on any atom is -0.508 e. The molecule has 0 spiro atoms. The number of para-hydroxylation sites is 3. The van der Waals surface area contributed by atoms with Gasteiger partial charge < -0.3 is 20.4 Å². The summed E-state index contributed by atoms with van der Waals surface area (Å²) in [7, 11) is 0. The number of aliphatic hydroxyl groups excluding tert-OH is 1. The summed E-state index contributed by atoms with van der Waals surface area (Å²) in [4.78, 5) is 10.1. The number of benzene rings is 3. The van der Waals surface area contributed by atoms with Gasteiger partial charge in [-0.3, -0.25) is 4.79 Å². The Hall–Kier alpha value is -3.31. The number of carbonyl (C=O) groups excluding carboxylic acids is 1. The van der Waals surface area contributed by atoms with Crippen LogP contribution in [0.1, 0.15) is 57.5 Å². The molecule has 0 saturated carbocycles. The molecule has 3 aromatic rings. The van der Waals surface area contributed by atoms with Crippen molar-refractivity contribution in [3.05, 3.63) is 90.0 Å². The Morgan fingerprint density at radius 1 is 0.613 bits per heavy atom. The molecule has 4 N–H and O–H groups in total. The average Bonchev–Trinajstić information content (AvgIpc) is 2.85. The lowest BCUT2D eigenvalue weighted by atomic mass is 10.2. The van der Waals surface area contributed by atoms with Crippen molar-refractivity contribution in [1.29, 1.82) is 0 Å². The van der Waals surface area contributed by atoms with Gasteiger partial charge in [-0.15, -0.1) is 0 Å². The van der Waals surface area contributed by atoms with E-state index in [1.165, 1.54) is 6.07 Å². The maximum atomic E-state index is 10.1. The minimum absolute atomic E-state index is 0.0347. The molecular formula is C26H38O5. The van der Waals surface area contributed by atoms with Crippen LogP contribution in [0.15, 0.2) is 78.9 Å². The van der Waals surface area contributed by atoms with Crippen LogP contribution in [0.2, 0.25) is 0 Å². The first kappa shape index (κ1) is 32.4. The van der Waals surface area contributed by atoms with Gasteiger partial charge in [-0.05, 0) is 30.3 Å². The molecule has 0 aliphatic heterocycles. The highest BCUT2D eigenvalue weighted by molar-refractivity contribution is 5.78. The monoisotopic (exact) mass is 430 g/mol. The smallest absolute Gasteiger partial charge is 0.153 e. The first-order valence-corrected chi connectivity index (χ1v) is 10.4. The number of aromatic hydroxyl groups is 3. The minimum atomic E-state index is -0.104. The van der Waals surface area contributed by atoms with Gasteiger partial charge in [0.05, 0.1) is 12.2 Å². The highest BCUT2D eigenvalue weighted by atomic mass is 16.3. The average molecular weight is 431 g/mol. The summed E-state index contributed by atoms with van der Waals surface area (Å²) < 4.78 is 0. The summed E-state index contributed by atoms with van der Waals surface area (Å²) >= 11 is 0. The first-order chi connectivity index (χ1) is 15.1. The van der Waals surface area contributed by atoms with Crippen molar-refractivity contribution in [2.24, 2.45) is 0 Å². The Labute approximate surface area is 187 Å². The molecule has 0 saturated heterocycles. The molecule has 0 amide bonds. The highest BCUT2D eigenvalue weighted by Crippen LogP contribution is 2.14. The molecule has 0 aromatic heterocycles. The van der Waals surface area contributed by atoms with E-state index in [4.69, 9.17) is 20.4 Å². The van der Waals surface area contributed by atoms with Gasteiger partial charge in [-0.1, -0.05) is 90.1 Å². The van der Waals surface area contributed by atoms with E-state index in [0.717, 1.165) is 0 Å². The number of aldehydes is 1. The van der Waals surface area contributed by atoms with Crippen LogP contribution in [0.4, 0.5) is 0 Å². The first-order valence-electron chi connectivity index (χ1n) is 10.4. The molecular weight excluding hydrogens is 392 g/mol. The van der Waals surface area contributed by atoms with Crippen molar-refractivity contribution < 1.29 is 25.2 Å². The summed E-state index contributed by atoms with van der Waals surface area (Å²) in [6, 6.07) is 21.8. The van der Waals surface area contributed by atoms with E-state index in [1.807, 2.05) is 47.6 Å². The van der Waals surface area contributed by atoms with Crippen LogP contribution < -0.4 is 0 Å². The molecule has 5 nitrogen and oxygen atoms in total. The Bertz CT molecular complexity index is 759. The topological polar surface area (TPSA) is 98.0 Å². The highest BCUT2D eigenvalue weighted by Gasteiger charge is 1.94. The number of aliphatic hydroxyl groups is 1. The normalized spacial score (nSPS) is 7.84. The van der Waals surface area contributed by atoms with Gasteiger partial charge in [0.1, 0.15) is 17.2 Å². The quantitative estimate of drug-likeness (QED) is 0.345. The van der Waals surface area contributed by atoms with Crippen LogP contribution >= 0.6 is 0 Å². The van der Waals surface area contributed by atoms with Crippen molar-refractivity contribution >= 4 is 6.29 Å². The van der Waals surface area contributed by atoms with Gasteiger partial charge in [0.2, 0.25) is 0 Å². The second-order valence-corrected chi connectivity index (χ2v) is 4.80. The molecule has 0 fully saturated rings. The third kappa shape index (κ3) is 17.3. The van der Waals surface area contributed by atoms with E-state index in [-0.39, 0.29) is 18.1 Å². The van der Waals surface area contributed by atoms with Crippen molar-refractivity contribution in [1.82, 2.24) is 0 Å². The molecule has 3 aromatic carbocycles. The number of phenols is 3. The van der Waals surface area contributed by atoms with Gasteiger partial charge in [-0.25, -0.2) is 0 Å². The predicted molar refractivity (Wildman–Crippen MR) is 130 cm³/mol. The van der Waals surface area contributed by atoms with Crippen LogP contribution in [0.3, 0.4) is 0 Å². The van der Waals surface area contributed by atoms with Gasteiger partial charge in [0.25, 0.3) is 0 Å². The lowest BCUT2D eigenvalue weighted by Crippen LogP contribution is -1.80. The van der Waals surface area contributed by atoms with Crippen LogP contribution in [0.5, 0.6) is 17.2 Å². The van der Waals surface area contributed by atoms with Crippen LogP contribution in [-0.4, -0.2) is 26.7 Å². The fourth-order valence-corrected chi connectivity index (χ4v) is 1.66. The zero-order valence-corrected chi connectivity index (χ0v) is 19.5. The fourth-order valence-electron chi connectivity index (χ4n) is 1.66. The number of hydrogen-bond donors (Lipinski definition) is 4. The SMILES string of the molecule is CC.CC.CC.O=Cc1ccccc1O.OCc1ccccc1O.Oc1ccccc1. The molecule has 0 aliphatic rings. The van der Waals surface area contributed by atoms with Crippen molar-refractivity contribution in [3.8, 4) is 17.2 Å². The lowest BCUT2D eigenvalue weighted by molar-refractivity contribution is 0.112. The molecule has 5 heteroatoms. The second kappa shape index (κ2) is 24.7. The Morgan fingerprint density at radius 2 is 1.03 bits per heavy atom.